The van der Waals surface area contributed by atoms with Gasteiger partial charge in [0.25, 0.3) is 0 Å². The van der Waals surface area contributed by atoms with Gasteiger partial charge in [0.1, 0.15) is 0 Å². The Balaban J connectivity index is 1.42. The maximum atomic E-state index is 12.4. The maximum absolute atomic E-state index is 12.4. The minimum atomic E-state index is -0.505. The molecule has 0 radical (unpaired) electrons. The van der Waals surface area contributed by atoms with Crippen LogP contribution in [0.1, 0.15) is 158 Å². The van der Waals surface area contributed by atoms with Gasteiger partial charge in [0.15, 0.2) is 6.29 Å². The zero-order valence-electron chi connectivity index (χ0n) is 34.2. The predicted octanol–water partition coefficient (Wildman–Crippen LogP) is 10.1. The Labute approximate surface area is 336 Å². The number of amides is 2. The summed E-state index contributed by atoms with van der Waals surface area (Å²) in [5, 5.41) is 21.3. The van der Waals surface area contributed by atoms with Crippen LogP contribution in [0.4, 0.5) is 0 Å². The first kappa shape index (κ1) is 45.1. The van der Waals surface area contributed by atoms with E-state index < -0.39 is 12.2 Å². The molecule has 0 unspecified atom stereocenters. The average molecular weight is 772 g/mol. The number of carbonyl (C=O) groups excluding carboxylic acids is 2. The highest BCUT2D eigenvalue weighted by Crippen LogP contribution is 2.39. The Hall–Kier alpha value is -3.60. The second kappa shape index (κ2) is 26.3. The van der Waals surface area contributed by atoms with Gasteiger partial charge in [-0.25, -0.2) is 5.48 Å². The monoisotopic (exact) mass is 772 g/mol. The van der Waals surface area contributed by atoms with Gasteiger partial charge in [0.2, 0.25) is 11.8 Å². The molecule has 0 spiro atoms. The molecule has 9 nitrogen and oxygen atoms in total. The lowest BCUT2D eigenvalue weighted by molar-refractivity contribution is -0.253. The van der Waals surface area contributed by atoms with Crippen LogP contribution in [0.2, 0.25) is 0 Å². The third-order valence-corrected chi connectivity index (χ3v) is 10.8. The van der Waals surface area contributed by atoms with Crippen LogP contribution in [0.25, 0.3) is 11.1 Å². The summed E-state index contributed by atoms with van der Waals surface area (Å²) in [7, 11) is 0. The molecule has 3 aromatic rings. The second-order valence-electron chi connectivity index (χ2n) is 15.5. The van der Waals surface area contributed by atoms with Crippen LogP contribution in [0.5, 0.6) is 0 Å². The first-order chi connectivity index (χ1) is 27.4. The van der Waals surface area contributed by atoms with Crippen LogP contribution >= 0.6 is 0 Å². The van der Waals surface area contributed by atoms with Gasteiger partial charge in [-0.05, 0) is 72.7 Å². The van der Waals surface area contributed by atoms with Crippen molar-refractivity contribution < 1.29 is 29.4 Å². The summed E-state index contributed by atoms with van der Waals surface area (Å²) in [5.41, 5.74) is 7.72. The molecule has 1 aliphatic heterocycles. The van der Waals surface area contributed by atoms with Crippen LogP contribution in [0, 0.1) is 0 Å². The molecular weight excluding hydrogens is 703 g/mol. The van der Waals surface area contributed by atoms with Crippen molar-refractivity contribution in [2.45, 2.75) is 155 Å². The first-order valence-corrected chi connectivity index (χ1v) is 21.5. The van der Waals surface area contributed by atoms with Gasteiger partial charge < -0.3 is 24.8 Å². The Morgan fingerprint density at radius 1 is 0.679 bits per heavy atom. The fraction of sp³-hybridized carbons (Fsp3) is 0.574. The number of nitrogens with zero attached hydrogens (tertiary/aromatic N) is 1. The van der Waals surface area contributed by atoms with Gasteiger partial charge in [-0.15, -0.1) is 0 Å². The van der Waals surface area contributed by atoms with E-state index >= 15 is 0 Å². The molecule has 1 aliphatic rings. The zero-order chi connectivity index (χ0) is 39.8. The van der Waals surface area contributed by atoms with Crippen molar-refractivity contribution in [3.8, 4) is 11.1 Å². The number of carbonyl (C=O) groups is 2. The fourth-order valence-electron chi connectivity index (χ4n) is 7.46. The minimum absolute atomic E-state index is 0.0167. The number of benzene rings is 3. The van der Waals surface area contributed by atoms with Crippen molar-refractivity contribution >= 4 is 11.8 Å². The van der Waals surface area contributed by atoms with Gasteiger partial charge in [-0.3, -0.25) is 14.8 Å². The summed E-state index contributed by atoms with van der Waals surface area (Å²) in [6.45, 7) is 8.07. The normalized spacial score (nSPS) is 16.9. The van der Waals surface area contributed by atoms with E-state index in [4.69, 9.17) is 14.7 Å². The lowest BCUT2D eigenvalue weighted by Gasteiger charge is -2.38. The molecule has 9 heteroatoms. The Morgan fingerprint density at radius 2 is 1.29 bits per heavy atom. The van der Waals surface area contributed by atoms with E-state index in [2.05, 4.69) is 72.6 Å². The summed E-state index contributed by atoms with van der Waals surface area (Å²) >= 11 is 0. The van der Waals surface area contributed by atoms with E-state index in [0.717, 1.165) is 59.4 Å². The van der Waals surface area contributed by atoms with Crippen LogP contribution in [-0.2, 0) is 32.2 Å². The van der Waals surface area contributed by atoms with E-state index in [1.807, 2.05) is 24.3 Å². The lowest BCUT2D eigenvalue weighted by Crippen LogP contribution is -2.40. The molecule has 2 amide bonds. The summed E-state index contributed by atoms with van der Waals surface area (Å²) in [6, 6.07) is 24.7. The zero-order valence-corrected chi connectivity index (χ0v) is 34.2. The number of hydrogen-bond donors (Lipinski definition) is 4. The van der Waals surface area contributed by atoms with Crippen molar-refractivity contribution in [3.05, 3.63) is 95.1 Å². The van der Waals surface area contributed by atoms with Crippen LogP contribution in [0.15, 0.2) is 72.8 Å². The van der Waals surface area contributed by atoms with E-state index in [9.17, 15) is 14.7 Å². The molecule has 4 N–H and O–H groups in total. The van der Waals surface area contributed by atoms with E-state index in [1.54, 1.807) is 5.48 Å². The molecule has 1 fully saturated rings. The molecule has 56 heavy (non-hydrogen) atoms. The molecule has 4 rings (SSSR count). The van der Waals surface area contributed by atoms with Crippen molar-refractivity contribution in [2.24, 2.45) is 0 Å². The maximum Gasteiger partial charge on any atom is 0.243 e. The number of unbranched alkanes of at least 4 members (excludes halogenated alkanes) is 11. The number of hydrogen-bond acceptors (Lipinski definition) is 7. The second-order valence-corrected chi connectivity index (χ2v) is 15.5. The van der Waals surface area contributed by atoms with Crippen molar-refractivity contribution in [3.63, 3.8) is 0 Å². The molecule has 308 valence electrons. The fourth-order valence-corrected chi connectivity index (χ4v) is 7.46. The summed E-state index contributed by atoms with van der Waals surface area (Å²) in [6.07, 6.45) is 17.3. The number of nitrogens with one attached hydrogen (secondary N) is 2. The molecule has 0 saturated carbocycles. The van der Waals surface area contributed by atoms with Crippen molar-refractivity contribution in [1.29, 1.82) is 0 Å². The minimum Gasteiger partial charge on any atom is -0.392 e. The number of aliphatic hydroxyl groups excluding tert-OH is 1. The van der Waals surface area contributed by atoms with Crippen LogP contribution < -0.4 is 10.8 Å². The highest BCUT2D eigenvalue weighted by molar-refractivity contribution is 5.76. The predicted molar refractivity (Wildman–Crippen MR) is 224 cm³/mol. The first-order valence-electron chi connectivity index (χ1n) is 21.5. The highest BCUT2D eigenvalue weighted by atomic mass is 16.7. The molecule has 0 aromatic heterocycles. The molecule has 1 heterocycles. The molecule has 1 saturated heterocycles. The molecule has 0 bridgehead atoms. The highest BCUT2D eigenvalue weighted by Gasteiger charge is 2.33. The standard InChI is InChI=1S/C47H69N3O6/c1-3-5-7-9-11-15-30-50(31-16-12-10-8-6-4-2)35-43-33-44(40-24-22-37(36-51)23-25-40)56-47(55-43)41-28-26-39(27-29-41)42-19-17-18-38(32-42)34-48-45(52)20-13-14-21-46(53)49-54/h17-19,22-29,32,43-44,47,51,54H,3-16,20-21,30-31,33-36H2,1-2H3,(H,48,52)(H,49,53)/t43-,44+,47+/m0/s1. The smallest absolute Gasteiger partial charge is 0.243 e. The third-order valence-electron chi connectivity index (χ3n) is 10.8. The van der Waals surface area contributed by atoms with Gasteiger partial charge in [-0.2, -0.15) is 0 Å². The molecular formula is C47H69N3O6. The SMILES string of the molecule is CCCCCCCCN(CCCCCCCC)C[C@@H]1C[C@H](c2ccc(CO)cc2)O[C@H](c2ccc(-c3cccc(CNC(=O)CCCCC(=O)NO)c3)cc2)O1. The van der Waals surface area contributed by atoms with E-state index in [1.165, 1.54) is 77.0 Å². The van der Waals surface area contributed by atoms with Crippen LogP contribution in [0.3, 0.4) is 0 Å². The van der Waals surface area contributed by atoms with Crippen molar-refractivity contribution in [1.82, 2.24) is 15.7 Å². The van der Waals surface area contributed by atoms with Gasteiger partial charge in [0, 0.05) is 37.9 Å². The number of rotatable bonds is 27. The summed E-state index contributed by atoms with van der Waals surface area (Å²) in [5.74, 6) is -0.502. The van der Waals surface area contributed by atoms with Crippen molar-refractivity contribution in [2.75, 3.05) is 19.6 Å². The Kier molecular flexibility index (Phi) is 21.2. The van der Waals surface area contributed by atoms with E-state index in [0.29, 0.717) is 25.8 Å². The number of ether oxygens (including phenoxy) is 2. The Bertz CT molecular complexity index is 1520. The third kappa shape index (κ3) is 16.5. The summed E-state index contributed by atoms with van der Waals surface area (Å²) < 4.78 is 13.5. The quantitative estimate of drug-likeness (QED) is 0.0346. The molecule has 3 aromatic carbocycles. The largest absolute Gasteiger partial charge is 0.392 e. The number of hydroxylamine groups is 1. The Morgan fingerprint density at radius 3 is 1.91 bits per heavy atom. The topological polar surface area (TPSA) is 120 Å². The van der Waals surface area contributed by atoms with Crippen LogP contribution in [-0.4, -0.2) is 52.8 Å². The average Bonchev–Trinajstić information content (AvgIpc) is 3.24. The van der Waals surface area contributed by atoms with Gasteiger partial charge in [0.05, 0.1) is 18.8 Å². The lowest BCUT2D eigenvalue weighted by atomic mass is 9.98. The van der Waals surface area contributed by atoms with E-state index in [-0.39, 0.29) is 31.1 Å². The number of aliphatic hydroxyl groups is 1. The molecule has 3 atom stereocenters. The van der Waals surface area contributed by atoms with Gasteiger partial charge >= 0.3 is 0 Å². The van der Waals surface area contributed by atoms with Gasteiger partial charge in [-0.1, -0.05) is 145 Å². The molecule has 0 aliphatic carbocycles. The summed E-state index contributed by atoms with van der Waals surface area (Å²) in [4.78, 5) is 26.2.